The normalized spacial score (nSPS) is 23.0. The maximum absolute atomic E-state index is 14.8. The molecule has 2 aliphatic heterocycles. The van der Waals surface area contributed by atoms with Crippen LogP contribution in [0.2, 0.25) is 0 Å². The second-order valence-electron chi connectivity index (χ2n) is 8.21. The summed E-state index contributed by atoms with van der Waals surface area (Å²) < 4.78 is 21.5. The summed E-state index contributed by atoms with van der Waals surface area (Å²) >= 11 is 0. The molecule has 4 rings (SSSR count). The molecular weight excluding hydrogens is 399 g/mol. The number of aliphatic hydroxyl groups excluding tert-OH is 1. The number of methoxy groups -OCH3 is 1. The fraction of sp³-hybridized carbons (Fsp3) is 0.455. The Balaban J connectivity index is 1.70. The number of likely N-dealkylation sites (tertiary alicyclic amines) is 1. The zero-order valence-corrected chi connectivity index (χ0v) is 18.1. The van der Waals surface area contributed by atoms with Crippen molar-refractivity contribution in [1.82, 2.24) is 19.6 Å². The molecule has 2 unspecified atom stereocenters. The maximum Gasteiger partial charge on any atom is 0.139 e. The SMILES string of the molecule is COC/N=C(\C=C(/N)n1ncc2cc(C)c(C3C=CN(C)CC3F)cc21)N1CC(O)C1. The molecule has 0 saturated carbocycles. The number of alkyl halides is 1. The lowest BCUT2D eigenvalue weighted by atomic mass is 9.88. The summed E-state index contributed by atoms with van der Waals surface area (Å²) in [5.74, 6) is 0.704. The number of aliphatic imine (C=N–C) groups is 1. The zero-order valence-electron chi connectivity index (χ0n) is 18.1. The summed E-state index contributed by atoms with van der Waals surface area (Å²) in [5.41, 5.74) is 9.16. The number of hydrogen-bond donors (Lipinski definition) is 2. The molecule has 1 aromatic carbocycles. The molecular formula is C22H29FN6O2. The molecule has 0 radical (unpaired) electrons. The van der Waals surface area contributed by atoms with E-state index in [1.807, 2.05) is 48.2 Å². The fourth-order valence-electron chi connectivity index (χ4n) is 4.08. The number of fused-ring (bicyclic) bond motifs is 1. The van der Waals surface area contributed by atoms with Gasteiger partial charge in [0, 0.05) is 51.2 Å². The van der Waals surface area contributed by atoms with E-state index in [2.05, 4.69) is 10.1 Å². The first-order valence-electron chi connectivity index (χ1n) is 10.3. The Bertz CT molecular complexity index is 1040. The third kappa shape index (κ3) is 4.28. The number of allylic oxidation sites excluding steroid dienone is 1. The monoisotopic (exact) mass is 428 g/mol. The quantitative estimate of drug-likeness (QED) is 0.556. The number of benzene rings is 1. The first-order chi connectivity index (χ1) is 14.9. The van der Waals surface area contributed by atoms with Crippen molar-refractivity contribution in [3.63, 3.8) is 0 Å². The standard InChI is InChI=1S/C22H29FN6O2/c1-14-6-15-9-26-29(20(15)7-18(14)17-4-5-27(2)12-19(17)23)21(24)8-22(25-13-31-3)28-10-16(30)11-28/h4-9,16-17,19,30H,10-13,24H2,1-3H3/b21-8+,25-22+. The third-order valence-electron chi connectivity index (χ3n) is 5.78. The second kappa shape index (κ2) is 8.68. The molecule has 2 aromatic rings. The molecule has 1 saturated heterocycles. The van der Waals surface area contributed by atoms with E-state index in [0.717, 1.165) is 22.0 Å². The van der Waals surface area contributed by atoms with E-state index in [0.29, 0.717) is 31.3 Å². The molecule has 0 spiro atoms. The number of aryl methyl sites for hydroxylation is 1. The number of aromatic nitrogens is 2. The largest absolute Gasteiger partial charge is 0.389 e. The van der Waals surface area contributed by atoms with Crippen molar-refractivity contribution >= 4 is 22.6 Å². The Morgan fingerprint density at radius 3 is 2.84 bits per heavy atom. The van der Waals surface area contributed by atoms with E-state index in [1.165, 1.54) is 0 Å². The van der Waals surface area contributed by atoms with E-state index < -0.39 is 6.17 Å². The molecule has 31 heavy (non-hydrogen) atoms. The van der Waals surface area contributed by atoms with Crippen LogP contribution in [0.15, 0.2) is 41.7 Å². The highest BCUT2D eigenvalue weighted by atomic mass is 19.1. The number of nitrogens with zero attached hydrogens (tertiary/aromatic N) is 5. The van der Waals surface area contributed by atoms with Gasteiger partial charge in [-0.25, -0.2) is 14.1 Å². The number of aliphatic hydroxyl groups is 1. The molecule has 166 valence electrons. The van der Waals surface area contributed by atoms with Gasteiger partial charge >= 0.3 is 0 Å². The Morgan fingerprint density at radius 2 is 2.16 bits per heavy atom. The van der Waals surface area contributed by atoms with Crippen molar-refractivity contribution in [3.05, 3.63) is 47.8 Å². The predicted molar refractivity (Wildman–Crippen MR) is 119 cm³/mol. The predicted octanol–water partition coefficient (Wildman–Crippen LogP) is 1.66. The van der Waals surface area contributed by atoms with E-state index in [-0.39, 0.29) is 18.8 Å². The van der Waals surface area contributed by atoms with E-state index in [1.54, 1.807) is 24.1 Å². The van der Waals surface area contributed by atoms with Gasteiger partial charge in [-0.15, -0.1) is 0 Å². The number of nitrogens with two attached hydrogens (primary N) is 1. The van der Waals surface area contributed by atoms with Crippen LogP contribution in [0.25, 0.3) is 16.7 Å². The van der Waals surface area contributed by atoms with Gasteiger partial charge in [0.1, 0.15) is 24.6 Å². The topological polar surface area (TPSA) is 92.1 Å². The molecule has 3 heterocycles. The maximum atomic E-state index is 14.8. The van der Waals surface area contributed by atoms with Crippen LogP contribution in [-0.4, -0.2) is 83.3 Å². The molecule has 2 aliphatic rings. The number of amidine groups is 1. The third-order valence-corrected chi connectivity index (χ3v) is 5.78. The van der Waals surface area contributed by atoms with Gasteiger partial charge in [-0.1, -0.05) is 6.08 Å². The number of ether oxygens (including phenoxy) is 1. The minimum atomic E-state index is -0.985. The molecule has 8 nitrogen and oxygen atoms in total. The van der Waals surface area contributed by atoms with Gasteiger partial charge in [0.15, 0.2) is 0 Å². The lowest BCUT2D eigenvalue weighted by Crippen LogP contribution is -2.53. The molecule has 3 N–H and O–H groups in total. The molecule has 9 heteroatoms. The lowest BCUT2D eigenvalue weighted by Gasteiger charge is -2.37. The van der Waals surface area contributed by atoms with Crippen molar-refractivity contribution in [1.29, 1.82) is 0 Å². The summed E-state index contributed by atoms with van der Waals surface area (Å²) in [6, 6.07) is 4.00. The zero-order chi connectivity index (χ0) is 22.1. The number of hydrogen-bond acceptors (Lipinski definition) is 6. The van der Waals surface area contributed by atoms with E-state index in [4.69, 9.17) is 10.5 Å². The van der Waals surface area contributed by atoms with Crippen molar-refractivity contribution < 1.29 is 14.2 Å². The average molecular weight is 429 g/mol. The van der Waals surface area contributed by atoms with E-state index in [9.17, 15) is 9.50 Å². The molecule has 1 aromatic heterocycles. The van der Waals surface area contributed by atoms with Crippen molar-refractivity contribution in [2.24, 2.45) is 10.7 Å². The summed E-state index contributed by atoms with van der Waals surface area (Å²) in [5, 5.41) is 15.0. The Kier molecular flexibility index (Phi) is 5.97. The van der Waals surface area contributed by atoms with Gasteiger partial charge in [-0.3, -0.25) is 0 Å². The van der Waals surface area contributed by atoms with Gasteiger partial charge in [-0.2, -0.15) is 5.10 Å². The molecule has 1 fully saturated rings. The van der Waals surface area contributed by atoms with Crippen LogP contribution in [-0.2, 0) is 4.74 Å². The van der Waals surface area contributed by atoms with Crippen LogP contribution in [0.4, 0.5) is 4.39 Å². The first kappa shape index (κ1) is 21.3. The second-order valence-corrected chi connectivity index (χ2v) is 8.21. The number of β-amino-alcohol motifs (C(OH)–C–C–N with tert-alkyl or cyclic N) is 1. The molecule has 2 atom stereocenters. The smallest absolute Gasteiger partial charge is 0.139 e. The highest BCUT2D eigenvalue weighted by molar-refractivity contribution is 5.98. The minimum absolute atomic E-state index is 0.190. The van der Waals surface area contributed by atoms with Gasteiger partial charge < -0.3 is 25.4 Å². The van der Waals surface area contributed by atoms with Crippen LogP contribution in [0, 0.1) is 6.92 Å². The van der Waals surface area contributed by atoms with Gasteiger partial charge in [-0.05, 0) is 36.4 Å². The highest BCUT2D eigenvalue weighted by Crippen LogP contribution is 2.33. The van der Waals surface area contributed by atoms with Crippen molar-refractivity contribution in [3.8, 4) is 0 Å². The summed E-state index contributed by atoms with van der Waals surface area (Å²) in [7, 11) is 3.44. The van der Waals surface area contributed by atoms with Gasteiger partial charge in [0.05, 0.1) is 17.8 Å². The number of halogens is 1. The molecule has 0 bridgehead atoms. The highest BCUT2D eigenvalue weighted by Gasteiger charge is 2.28. The first-order valence-corrected chi connectivity index (χ1v) is 10.3. The summed E-state index contributed by atoms with van der Waals surface area (Å²) in [6.07, 6.45) is 5.97. The van der Waals surface area contributed by atoms with Crippen LogP contribution in [0.3, 0.4) is 0 Å². The van der Waals surface area contributed by atoms with Gasteiger partial charge in [0.2, 0.25) is 0 Å². The van der Waals surface area contributed by atoms with Crippen molar-refractivity contribution in [2.45, 2.75) is 25.1 Å². The average Bonchev–Trinajstić information content (AvgIpc) is 3.11. The van der Waals surface area contributed by atoms with Crippen LogP contribution in [0.5, 0.6) is 0 Å². The lowest BCUT2D eigenvalue weighted by molar-refractivity contribution is 0.0465. The van der Waals surface area contributed by atoms with E-state index >= 15 is 0 Å². The fourth-order valence-corrected chi connectivity index (χ4v) is 4.08. The van der Waals surface area contributed by atoms with Crippen LogP contribution in [0.1, 0.15) is 17.0 Å². The Hall–Kier alpha value is -2.91. The summed E-state index contributed by atoms with van der Waals surface area (Å²) in [6.45, 7) is 3.54. The van der Waals surface area contributed by atoms with Crippen LogP contribution >= 0.6 is 0 Å². The summed E-state index contributed by atoms with van der Waals surface area (Å²) in [4.78, 5) is 8.18. The van der Waals surface area contributed by atoms with Crippen molar-refractivity contribution in [2.75, 3.05) is 40.5 Å². The van der Waals surface area contributed by atoms with Gasteiger partial charge in [0.25, 0.3) is 0 Å². The number of rotatable bonds is 5. The Morgan fingerprint density at radius 1 is 1.39 bits per heavy atom. The minimum Gasteiger partial charge on any atom is -0.389 e. The molecule has 0 aliphatic carbocycles. The van der Waals surface area contributed by atoms with Crippen LogP contribution < -0.4 is 5.73 Å². The Labute approximate surface area is 181 Å². The molecule has 0 amide bonds.